The molecule has 0 saturated carbocycles. The van der Waals surface area contributed by atoms with Gasteiger partial charge in [0.2, 0.25) is 0 Å². The van der Waals surface area contributed by atoms with Gasteiger partial charge in [0.05, 0.1) is 11.2 Å². The van der Waals surface area contributed by atoms with Gasteiger partial charge in [-0.05, 0) is 19.1 Å². The van der Waals surface area contributed by atoms with E-state index < -0.39 is 0 Å². The molecule has 0 atom stereocenters. The SMILES string of the molecule is Cc1ccc2cccc(N([O-])O)c2n1. The van der Waals surface area contributed by atoms with E-state index in [9.17, 15) is 5.21 Å². The number of anilines is 1. The van der Waals surface area contributed by atoms with Crippen molar-refractivity contribution in [2.45, 2.75) is 6.92 Å². The fraction of sp³-hybridized carbons (Fsp3) is 0.100. The smallest absolute Gasteiger partial charge is 0.0952 e. The van der Waals surface area contributed by atoms with E-state index in [-0.39, 0.29) is 10.9 Å². The lowest BCUT2D eigenvalue weighted by molar-refractivity contribution is 0.297. The van der Waals surface area contributed by atoms with Crippen LogP contribution in [-0.2, 0) is 0 Å². The summed E-state index contributed by atoms with van der Waals surface area (Å²) in [6, 6.07) is 8.80. The molecule has 72 valence electrons. The van der Waals surface area contributed by atoms with E-state index in [1.807, 2.05) is 25.1 Å². The molecule has 1 aromatic carbocycles. The van der Waals surface area contributed by atoms with Crippen LogP contribution in [0.5, 0.6) is 0 Å². The van der Waals surface area contributed by atoms with E-state index in [4.69, 9.17) is 5.21 Å². The van der Waals surface area contributed by atoms with Gasteiger partial charge in [-0.25, -0.2) is 0 Å². The summed E-state index contributed by atoms with van der Waals surface area (Å²) in [5.41, 5.74) is 1.50. The van der Waals surface area contributed by atoms with Gasteiger partial charge in [0.1, 0.15) is 0 Å². The molecule has 0 unspecified atom stereocenters. The number of rotatable bonds is 1. The van der Waals surface area contributed by atoms with Gasteiger partial charge in [0.15, 0.2) is 0 Å². The number of para-hydroxylation sites is 1. The third kappa shape index (κ3) is 1.41. The van der Waals surface area contributed by atoms with Crippen LogP contribution in [-0.4, -0.2) is 10.2 Å². The summed E-state index contributed by atoms with van der Waals surface area (Å²) in [6.07, 6.45) is 0. The Morgan fingerprint density at radius 1 is 1.29 bits per heavy atom. The number of pyridine rings is 1. The van der Waals surface area contributed by atoms with E-state index in [1.54, 1.807) is 6.07 Å². The molecular formula is C10H9N2O2-. The third-order valence-corrected chi connectivity index (χ3v) is 2.04. The molecule has 1 heterocycles. The maximum Gasteiger partial charge on any atom is 0.0952 e. The molecule has 0 bridgehead atoms. The van der Waals surface area contributed by atoms with E-state index in [0.717, 1.165) is 11.1 Å². The van der Waals surface area contributed by atoms with Crippen molar-refractivity contribution in [1.29, 1.82) is 0 Å². The van der Waals surface area contributed by atoms with Crippen molar-refractivity contribution in [3.63, 3.8) is 0 Å². The molecule has 1 N–H and O–H groups in total. The second-order valence-corrected chi connectivity index (χ2v) is 3.07. The number of benzene rings is 1. The average Bonchev–Trinajstić information content (AvgIpc) is 2.16. The van der Waals surface area contributed by atoms with Gasteiger partial charge in [-0.1, -0.05) is 18.2 Å². The molecule has 0 radical (unpaired) electrons. The van der Waals surface area contributed by atoms with Crippen LogP contribution in [0.15, 0.2) is 30.3 Å². The minimum atomic E-state index is -0.158. The van der Waals surface area contributed by atoms with Crippen molar-refractivity contribution in [1.82, 2.24) is 4.98 Å². The molecule has 0 aliphatic rings. The lowest BCUT2D eigenvalue weighted by Crippen LogP contribution is -2.08. The normalized spacial score (nSPS) is 10.5. The molecule has 1 aromatic heterocycles. The Labute approximate surface area is 81.0 Å². The number of nitrogens with zero attached hydrogens (tertiary/aromatic N) is 2. The molecule has 0 aliphatic heterocycles. The minimum absolute atomic E-state index is 0.158. The molecular weight excluding hydrogens is 180 g/mol. The molecule has 2 rings (SSSR count). The standard InChI is InChI=1S/C10H9N2O2/c1-7-5-6-8-3-2-4-9(12(13)14)10(8)11-7/h2-6,13H,1H3/q-1. The Morgan fingerprint density at radius 2 is 2.07 bits per heavy atom. The zero-order chi connectivity index (χ0) is 10.1. The van der Waals surface area contributed by atoms with Gasteiger partial charge in [0, 0.05) is 11.1 Å². The minimum Gasteiger partial charge on any atom is -0.733 e. The maximum absolute atomic E-state index is 10.8. The highest BCUT2D eigenvalue weighted by Crippen LogP contribution is 2.23. The lowest BCUT2D eigenvalue weighted by atomic mass is 10.2. The second kappa shape index (κ2) is 3.25. The molecule has 14 heavy (non-hydrogen) atoms. The molecule has 0 amide bonds. The van der Waals surface area contributed by atoms with Gasteiger partial charge in [0.25, 0.3) is 0 Å². The Kier molecular flexibility index (Phi) is 2.07. The first-order valence-corrected chi connectivity index (χ1v) is 4.21. The average molecular weight is 189 g/mol. The van der Waals surface area contributed by atoms with Crippen LogP contribution in [0.4, 0.5) is 5.69 Å². The Hall–Kier alpha value is -1.65. The van der Waals surface area contributed by atoms with Crippen LogP contribution >= 0.6 is 0 Å². The summed E-state index contributed by atoms with van der Waals surface area (Å²) in [5.74, 6) is 0. The fourth-order valence-corrected chi connectivity index (χ4v) is 1.38. The van der Waals surface area contributed by atoms with Crippen molar-refractivity contribution in [3.05, 3.63) is 41.2 Å². The van der Waals surface area contributed by atoms with Crippen molar-refractivity contribution >= 4 is 16.6 Å². The lowest BCUT2D eigenvalue weighted by Gasteiger charge is -2.22. The van der Waals surface area contributed by atoms with Gasteiger partial charge < -0.3 is 10.4 Å². The van der Waals surface area contributed by atoms with Crippen LogP contribution in [0.2, 0.25) is 0 Å². The summed E-state index contributed by atoms with van der Waals surface area (Å²) in [7, 11) is 0. The second-order valence-electron chi connectivity index (χ2n) is 3.07. The fourth-order valence-electron chi connectivity index (χ4n) is 1.38. The largest absolute Gasteiger partial charge is 0.733 e. The number of hydrogen-bond acceptors (Lipinski definition) is 4. The molecule has 4 heteroatoms. The molecule has 0 aliphatic carbocycles. The van der Waals surface area contributed by atoms with Crippen molar-refractivity contribution in [2.75, 3.05) is 5.23 Å². The highest BCUT2D eigenvalue weighted by atomic mass is 16.8. The zero-order valence-electron chi connectivity index (χ0n) is 7.64. The third-order valence-electron chi connectivity index (χ3n) is 2.04. The van der Waals surface area contributed by atoms with Crippen LogP contribution in [0.25, 0.3) is 10.9 Å². The Morgan fingerprint density at radius 3 is 2.79 bits per heavy atom. The monoisotopic (exact) mass is 189 g/mol. The highest BCUT2D eigenvalue weighted by Gasteiger charge is 2.02. The summed E-state index contributed by atoms with van der Waals surface area (Å²) in [5, 5.41) is 20.3. The number of aryl methyl sites for hydroxylation is 1. The van der Waals surface area contributed by atoms with Crippen LogP contribution < -0.4 is 5.23 Å². The Bertz CT molecular complexity index is 469. The number of aromatic nitrogens is 1. The summed E-state index contributed by atoms with van der Waals surface area (Å²) in [6.45, 7) is 1.84. The summed E-state index contributed by atoms with van der Waals surface area (Å²) < 4.78 is 0. The highest BCUT2D eigenvalue weighted by molar-refractivity contribution is 5.90. The van der Waals surface area contributed by atoms with E-state index in [1.165, 1.54) is 6.07 Å². The maximum atomic E-state index is 10.8. The van der Waals surface area contributed by atoms with Crippen molar-refractivity contribution in [2.24, 2.45) is 0 Å². The quantitative estimate of drug-likeness (QED) is 0.699. The van der Waals surface area contributed by atoms with E-state index in [2.05, 4.69) is 4.98 Å². The molecule has 0 fully saturated rings. The van der Waals surface area contributed by atoms with Gasteiger partial charge in [-0.2, -0.15) is 0 Å². The molecule has 2 aromatic rings. The summed E-state index contributed by atoms with van der Waals surface area (Å²) >= 11 is 0. The topological polar surface area (TPSA) is 59.4 Å². The van der Waals surface area contributed by atoms with E-state index in [0.29, 0.717) is 5.52 Å². The van der Waals surface area contributed by atoms with Crippen LogP contribution in [0, 0.1) is 12.1 Å². The van der Waals surface area contributed by atoms with Crippen LogP contribution in [0.3, 0.4) is 0 Å². The first-order chi connectivity index (χ1) is 6.68. The summed E-state index contributed by atoms with van der Waals surface area (Å²) in [4.78, 5) is 4.20. The van der Waals surface area contributed by atoms with Crippen LogP contribution in [0.1, 0.15) is 5.69 Å². The van der Waals surface area contributed by atoms with Crippen molar-refractivity contribution < 1.29 is 5.21 Å². The first-order valence-electron chi connectivity index (χ1n) is 4.21. The molecule has 0 spiro atoms. The predicted molar refractivity (Wildman–Crippen MR) is 54.1 cm³/mol. The van der Waals surface area contributed by atoms with Gasteiger partial charge in [-0.3, -0.25) is 10.2 Å². The number of fused-ring (bicyclic) bond motifs is 1. The molecule has 0 saturated heterocycles. The zero-order valence-corrected chi connectivity index (χ0v) is 7.64. The number of hydrogen-bond donors (Lipinski definition) is 1. The van der Waals surface area contributed by atoms with E-state index >= 15 is 0 Å². The van der Waals surface area contributed by atoms with Crippen molar-refractivity contribution in [3.8, 4) is 0 Å². The predicted octanol–water partition coefficient (Wildman–Crippen LogP) is 2.24. The van der Waals surface area contributed by atoms with Gasteiger partial charge in [-0.15, -0.1) is 0 Å². The van der Waals surface area contributed by atoms with Gasteiger partial charge >= 0.3 is 0 Å². The molecule has 4 nitrogen and oxygen atoms in total. The Balaban J connectivity index is 2.77. The first kappa shape index (κ1) is 8.93.